The molecule has 0 saturated carbocycles. The van der Waals surface area contributed by atoms with Crippen LogP contribution in [0.3, 0.4) is 0 Å². The van der Waals surface area contributed by atoms with Gasteiger partial charge in [-0.3, -0.25) is 33.6 Å². The Bertz CT molecular complexity index is 5010. The number of aromatic nitrogens is 1. The average Bonchev–Trinajstić information content (AvgIpc) is 1.40. The lowest BCUT2D eigenvalue weighted by Crippen LogP contribution is -2.63. The fourth-order valence-electron chi connectivity index (χ4n) is 15.1. The number of hydrogen-bond donors (Lipinski definition) is 12. The molecule has 1 heterocycles. The number of rotatable bonds is 42. The van der Waals surface area contributed by atoms with Crippen molar-refractivity contribution in [2.24, 2.45) is 0 Å². The Morgan fingerprint density at radius 2 is 0.709 bits per heavy atom. The third-order valence-electron chi connectivity index (χ3n) is 21.1. The standard InChI is InChI=1S/C101H120N10O14S2/c1-67(113)84(64-112)107-93(119)86(66-127-101(75-50-30-17-31-51-75,76-52-32-18-33-53-76)77-54-34-19-35-55-77)109-94(120)87(68(2)123-97(3,4)5)111-88(114)80(58-38-39-59-102-95(121)124-98(6,7)8)104-91(117)83(62-71-63-103-79-57-37-36-56-78(71)79)106-89(115)81(60-69-40-20-12-21-41-69)105-92(118)85(108-90(116)82(61-70-42-22-13-23-43-70)110-96(122)125-99(9,10)11)65-126-100(72-44-24-14-25-45-72,73-46-26-15-27-47-73)74-48-28-16-29-49-74/h12-37,40-57,63,67-68,80-87,103,112-113H,38-39,58-62,64-66H2,1-11H3,(H,102,121)(H,104,117)(H,105,118)(H,106,115)(H,107,119)(H,108,116)(H,109,120)(H,110,122)(H,111,114)/t67-,68-,80+,81+,82-,83-,84-,85+,86+,87+/m1/s1. The largest absolute Gasteiger partial charge is 0.444 e. The molecule has 0 fully saturated rings. The number of alkyl carbamates (subject to hydrolysis) is 2. The number of carbonyl (C=O) groups excluding carboxylic acids is 9. The second-order valence-electron chi connectivity index (χ2n) is 34.5. The molecule has 0 bridgehead atoms. The van der Waals surface area contributed by atoms with Crippen LogP contribution in [0.5, 0.6) is 0 Å². The molecule has 10 rings (SSSR count). The Kier molecular flexibility index (Phi) is 35.1. The Morgan fingerprint density at radius 3 is 1.11 bits per heavy atom. The van der Waals surface area contributed by atoms with Crippen molar-refractivity contribution in [3.05, 3.63) is 323 Å². The quantitative estimate of drug-likeness (QED) is 0.0125. The topological polar surface area (TPSA) is 346 Å². The summed E-state index contributed by atoms with van der Waals surface area (Å²) >= 11 is 2.73. The molecule has 24 nitrogen and oxygen atoms in total. The van der Waals surface area contributed by atoms with Gasteiger partial charge in [0.2, 0.25) is 41.4 Å². The van der Waals surface area contributed by atoms with E-state index in [0.29, 0.717) is 27.6 Å². The zero-order chi connectivity index (χ0) is 91.3. The number of para-hydroxylation sites is 1. The van der Waals surface area contributed by atoms with E-state index in [2.05, 4.69) is 52.8 Å². The molecular formula is C101H120N10O14S2. The highest BCUT2D eigenvalue weighted by molar-refractivity contribution is 8.01. The molecule has 9 aromatic carbocycles. The van der Waals surface area contributed by atoms with Crippen molar-refractivity contribution in [1.82, 2.24) is 52.8 Å². The van der Waals surface area contributed by atoms with Crippen LogP contribution in [0.4, 0.5) is 9.59 Å². The molecule has 0 aliphatic carbocycles. The molecule has 670 valence electrons. The van der Waals surface area contributed by atoms with Gasteiger partial charge in [-0.25, -0.2) is 9.59 Å². The average molecular weight is 1760 g/mol. The summed E-state index contributed by atoms with van der Waals surface area (Å²) in [4.78, 5) is 141. The van der Waals surface area contributed by atoms with Crippen LogP contribution < -0.4 is 47.9 Å². The number of benzene rings is 9. The summed E-state index contributed by atoms with van der Waals surface area (Å²) in [5.74, 6) is -6.12. The first-order chi connectivity index (χ1) is 60.7. The van der Waals surface area contributed by atoms with Crippen LogP contribution in [0.2, 0.25) is 0 Å². The number of aliphatic hydroxyl groups excluding tert-OH is 2. The van der Waals surface area contributed by atoms with Gasteiger partial charge >= 0.3 is 12.2 Å². The van der Waals surface area contributed by atoms with Gasteiger partial charge in [0.05, 0.1) is 40.0 Å². The lowest BCUT2D eigenvalue weighted by molar-refractivity contribution is -0.140. The van der Waals surface area contributed by atoms with Gasteiger partial charge in [-0.05, 0) is 152 Å². The number of thioether (sulfide) groups is 2. The highest BCUT2D eigenvalue weighted by Gasteiger charge is 2.44. The van der Waals surface area contributed by atoms with Crippen molar-refractivity contribution >= 4 is 88.0 Å². The van der Waals surface area contributed by atoms with E-state index in [9.17, 15) is 19.8 Å². The molecule has 10 atom stereocenters. The van der Waals surface area contributed by atoms with Crippen molar-refractivity contribution in [2.75, 3.05) is 24.7 Å². The minimum Gasteiger partial charge on any atom is -0.444 e. The number of H-pyrrole nitrogens is 1. The molecule has 26 heteroatoms. The van der Waals surface area contributed by atoms with Crippen molar-refractivity contribution in [3.63, 3.8) is 0 Å². The summed E-state index contributed by atoms with van der Waals surface area (Å²) in [6, 6.07) is 72.0. The molecule has 127 heavy (non-hydrogen) atoms. The number of carbonyl (C=O) groups is 9. The molecule has 0 unspecified atom stereocenters. The number of hydrogen-bond acceptors (Lipinski definition) is 16. The number of nitrogens with one attached hydrogen (secondary N) is 10. The first-order valence-corrected chi connectivity index (χ1v) is 45.0. The van der Waals surface area contributed by atoms with Gasteiger partial charge in [0.15, 0.2) is 0 Å². The van der Waals surface area contributed by atoms with Gasteiger partial charge < -0.3 is 77.3 Å². The SMILES string of the molecule is C[C@@H](O)[C@@H](CO)NC(=O)[C@H](CSC(c1ccccc1)(c1ccccc1)c1ccccc1)NC(=O)[C@@H](NC(=O)[C@H](CCCCNC(=O)OC(C)(C)C)NC(=O)[C@@H](Cc1c[nH]c2ccccc12)NC(=O)[C@H](Cc1ccccc1)NC(=O)[C@H](CSC(c1ccccc1)(c1ccccc1)c1ccccc1)NC(=O)[C@@H](Cc1ccccc1)NC(=O)OC(C)(C)C)[C@@H](C)OC(C)(C)C. The summed E-state index contributed by atoms with van der Waals surface area (Å²) in [6.07, 6.45) is -2.38. The molecule has 1 aromatic heterocycles. The molecule has 0 aliphatic rings. The Hall–Kier alpha value is -12.1. The van der Waals surface area contributed by atoms with Crippen molar-refractivity contribution < 1.29 is 67.6 Å². The molecular weight excluding hydrogens is 1640 g/mol. The third kappa shape index (κ3) is 28.2. The number of aromatic amines is 1. The van der Waals surface area contributed by atoms with E-state index >= 15 is 33.6 Å². The number of ether oxygens (including phenoxy) is 3. The normalized spacial score (nSPS) is 14.2. The first kappa shape index (κ1) is 97.1. The van der Waals surface area contributed by atoms with Crippen molar-refractivity contribution in [1.29, 1.82) is 0 Å². The Labute approximate surface area is 753 Å². The monoisotopic (exact) mass is 1760 g/mol. The number of unbranched alkanes of at least 4 members (excludes halogenated alkanes) is 1. The maximum absolute atomic E-state index is 16.2. The number of aliphatic hydroxyl groups is 2. The fraction of sp³-hybridized carbons (Fsp3) is 0.356. The lowest BCUT2D eigenvalue weighted by Gasteiger charge is -2.37. The molecule has 0 spiro atoms. The van der Waals surface area contributed by atoms with Crippen LogP contribution in [0.25, 0.3) is 10.9 Å². The molecule has 0 radical (unpaired) electrons. The fourth-order valence-corrected chi connectivity index (χ4v) is 18.2. The third-order valence-corrected chi connectivity index (χ3v) is 24.4. The molecule has 9 amide bonds. The van der Waals surface area contributed by atoms with E-state index in [4.69, 9.17) is 14.2 Å². The zero-order valence-electron chi connectivity index (χ0n) is 73.9. The van der Waals surface area contributed by atoms with Crippen LogP contribution >= 0.6 is 23.5 Å². The van der Waals surface area contributed by atoms with Crippen molar-refractivity contribution in [3.8, 4) is 0 Å². The van der Waals surface area contributed by atoms with Gasteiger partial charge in [0.25, 0.3) is 0 Å². The van der Waals surface area contributed by atoms with E-state index in [0.717, 1.165) is 33.4 Å². The van der Waals surface area contributed by atoms with Gasteiger partial charge in [-0.1, -0.05) is 261 Å². The summed E-state index contributed by atoms with van der Waals surface area (Å²) in [5, 5.41) is 48.3. The first-order valence-electron chi connectivity index (χ1n) is 43.0. The zero-order valence-corrected chi connectivity index (χ0v) is 75.6. The highest BCUT2D eigenvalue weighted by Crippen LogP contribution is 2.50. The van der Waals surface area contributed by atoms with E-state index in [1.54, 1.807) is 118 Å². The van der Waals surface area contributed by atoms with E-state index in [1.807, 2.05) is 224 Å². The van der Waals surface area contributed by atoms with Gasteiger partial charge in [0.1, 0.15) is 53.5 Å². The van der Waals surface area contributed by atoms with E-state index in [-0.39, 0.29) is 56.6 Å². The maximum Gasteiger partial charge on any atom is 0.408 e. The number of fused-ring (bicyclic) bond motifs is 1. The minimum atomic E-state index is -1.63. The molecule has 0 aliphatic heterocycles. The molecule has 0 saturated heterocycles. The second-order valence-corrected chi connectivity index (χ2v) is 37.0. The van der Waals surface area contributed by atoms with E-state index < -0.39 is 147 Å². The number of amides is 9. The minimum absolute atomic E-state index is 0.0237. The van der Waals surface area contributed by atoms with Crippen LogP contribution in [-0.4, -0.2) is 171 Å². The van der Waals surface area contributed by atoms with Crippen molar-refractivity contribution in [2.45, 2.75) is 202 Å². The predicted octanol–water partition coefficient (Wildman–Crippen LogP) is 13.2. The molecule has 10 aromatic rings. The smallest absolute Gasteiger partial charge is 0.408 e. The van der Waals surface area contributed by atoms with Gasteiger partial charge in [-0.15, -0.1) is 23.5 Å². The summed E-state index contributed by atoms with van der Waals surface area (Å²) < 4.78 is 15.7. The molecule has 12 N–H and O–H groups in total. The summed E-state index contributed by atoms with van der Waals surface area (Å²) in [6.45, 7) is 18.0. The van der Waals surface area contributed by atoms with Crippen LogP contribution in [0.1, 0.15) is 145 Å². The second kappa shape index (κ2) is 45.9. The Balaban J connectivity index is 1.03. The van der Waals surface area contributed by atoms with Crippen LogP contribution in [-0.2, 0) is 76.5 Å². The van der Waals surface area contributed by atoms with Gasteiger partial charge in [0, 0.05) is 54.4 Å². The lowest BCUT2D eigenvalue weighted by atomic mass is 9.84. The Morgan fingerprint density at radius 1 is 0.370 bits per heavy atom. The van der Waals surface area contributed by atoms with Crippen LogP contribution in [0.15, 0.2) is 273 Å². The maximum atomic E-state index is 16.2. The van der Waals surface area contributed by atoms with Gasteiger partial charge in [-0.2, -0.15) is 0 Å². The highest BCUT2D eigenvalue weighted by atomic mass is 32.2. The predicted molar refractivity (Wildman–Crippen MR) is 499 cm³/mol. The summed E-state index contributed by atoms with van der Waals surface area (Å²) in [5.41, 5.74) is 4.90. The summed E-state index contributed by atoms with van der Waals surface area (Å²) in [7, 11) is 0. The van der Waals surface area contributed by atoms with E-state index in [1.165, 1.54) is 30.4 Å². The van der Waals surface area contributed by atoms with Crippen LogP contribution in [0, 0.1) is 0 Å².